The lowest BCUT2D eigenvalue weighted by atomic mass is 10.2. The van der Waals surface area contributed by atoms with Gasteiger partial charge in [0.15, 0.2) is 6.10 Å². The molecule has 1 heterocycles. The number of carbonyl (C=O) groups excluding carboxylic acids is 1. The molecule has 0 aromatic heterocycles. The maximum atomic E-state index is 12.6. The van der Waals surface area contributed by atoms with Crippen molar-refractivity contribution in [3.8, 4) is 5.75 Å². The number of aliphatic imine (C=N–C) groups is 1. The lowest BCUT2D eigenvalue weighted by Gasteiger charge is -2.15. The van der Waals surface area contributed by atoms with E-state index in [1.807, 2.05) is 0 Å². The van der Waals surface area contributed by atoms with E-state index in [4.69, 9.17) is 16.3 Å². The molecule has 0 radical (unpaired) electrons. The molecule has 3 rings (SSSR count). The van der Waals surface area contributed by atoms with Gasteiger partial charge in [0.05, 0.1) is 4.90 Å². The summed E-state index contributed by atoms with van der Waals surface area (Å²) < 4.78 is 33.3. The second kappa shape index (κ2) is 9.95. The molecule has 1 amide bonds. The van der Waals surface area contributed by atoms with Crippen LogP contribution in [0.25, 0.3) is 0 Å². The average Bonchev–Trinajstić information content (AvgIpc) is 2.96. The van der Waals surface area contributed by atoms with E-state index in [-0.39, 0.29) is 10.8 Å². The summed E-state index contributed by atoms with van der Waals surface area (Å²) in [5.41, 5.74) is 0.465. The van der Waals surface area contributed by atoms with Gasteiger partial charge in [-0.15, -0.1) is 0 Å². The standard InChI is InChI=1S/C21H24ClN3O4S/c1-15(29-18-7-5-6-16(22)14-18)21(26)24-17-9-11-19(12-10-17)30(27,28)25-20-8-3-2-4-13-23-20/h5-7,9-12,14-15H,2-4,8,13H2,1H3,(H,23,25)(H,24,26)/t15-/m0/s1. The molecular formula is C21H24ClN3O4S. The minimum atomic E-state index is -3.71. The molecule has 160 valence electrons. The normalized spacial score (nSPS) is 15.5. The number of ether oxygens (including phenoxy) is 1. The Morgan fingerprint density at radius 1 is 1.13 bits per heavy atom. The minimum Gasteiger partial charge on any atom is -0.481 e. The summed E-state index contributed by atoms with van der Waals surface area (Å²) >= 11 is 5.92. The van der Waals surface area contributed by atoms with Gasteiger partial charge in [0.1, 0.15) is 11.6 Å². The topological polar surface area (TPSA) is 96.9 Å². The Hall–Kier alpha value is -2.58. The molecule has 7 nitrogen and oxygen atoms in total. The highest BCUT2D eigenvalue weighted by Crippen LogP contribution is 2.19. The molecule has 1 aliphatic heterocycles. The fraction of sp³-hybridized carbons (Fsp3) is 0.333. The van der Waals surface area contributed by atoms with Crippen molar-refractivity contribution in [2.75, 3.05) is 11.9 Å². The van der Waals surface area contributed by atoms with Crippen LogP contribution in [0.15, 0.2) is 58.4 Å². The van der Waals surface area contributed by atoms with Crippen molar-refractivity contribution < 1.29 is 17.9 Å². The molecular weight excluding hydrogens is 426 g/mol. The number of nitrogens with one attached hydrogen (secondary N) is 2. The van der Waals surface area contributed by atoms with Crippen LogP contribution in [0.4, 0.5) is 5.69 Å². The van der Waals surface area contributed by atoms with E-state index in [1.165, 1.54) is 24.3 Å². The van der Waals surface area contributed by atoms with Gasteiger partial charge in [-0.25, -0.2) is 8.42 Å². The molecule has 2 N–H and O–H groups in total. The zero-order valence-corrected chi connectivity index (χ0v) is 18.2. The van der Waals surface area contributed by atoms with Crippen LogP contribution < -0.4 is 14.8 Å². The van der Waals surface area contributed by atoms with E-state index in [2.05, 4.69) is 15.0 Å². The molecule has 0 fully saturated rings. The quantitative estimate of drug-likeness (QED) is 0.696. The highest BCUT2D eigenvalue weighted by atomic mass is 35.5. The second-order valence-electron chi connectivity index (χ2n) is 6.98. The van der Waals surface area contributed by atoms with Crippen molar-refractivity contribution in [2.45, 2.75) is 43.6 Å². The number of carbonyl (C=O) groups is 1. The Kier molecular flexibility index (Phi) is 7.33. The average molecular weight is 450 g/mol. The van der Waals surface area contributed by atoms with Gasteiger partial charge in [-0.3, -0.25) is 14.5 Å². The summed E-state index contributed by atoms with van der Waals surface area (Å²) in [4.78, 5) is 16.8. The lowest BCUT2D eigenvalue weighted by molar-refractivity contribution is -0.122. The van der Waals surface area contributed by atoms with Gasteiger partial charge in [0, 0.05) is 23.7 Å². The van der Waals surface area contributed by atoms with Crippen LogP contribution in [0.3, 0.4) is 0 Å². The molecule has 2 aromatic rings. The van der Waals surface area contributed by atoms with Crippen molar-refractivity contribution >= 4 is 39.1 Å². The number of sulfonamides is 1. The number of amidine groups is 1. The summed E-state index contributed by atoms with van der Waals surface area (Å²) in [6.45, 7) is 2.25. The number of nitrogens with zero attached hydrogens (tertiary/aromatic N) is 1. The first kappa shape index (κ1) is 22.1. The van der Waals surface area contributed by atoms with Gasteiger partial charge in [0.25, 0.3) is 15.9 Å². The maximum Gasteiger partial charge on any atom is 0.265 e. The summed E-state index contributed by atoms with van der Waals surface area (Å²) in [7, 11) is -3.71. The van der Waals surface area contributed by atoms with Gasteiger partial charge < -0.3 is 10.1 Å². The number of hydrogen-bond acceptors (Lipinski definition) is 5. The van der Waals surface area contributed by atoms with Crippen LogP contribution in [0.5, 0.6) is 5.75 Å². The number of rotatable bonds is 6. The van der Waals surface area contributed by atoms with E-state index in [0.29, 0.717) is 35.3 Å². The summed E-state index contributed by atoms with van der Waals surface area (Å²) in [6.07, 6.45) is 2.79. The van der Waals surface area contributed by atoms with Gasteiger partial charge >= 0.3 is 0 Å². The summed E-state index contributed by atoms with van der Waals surface area (Å²) in [5, 5.41) is 3.22. The molecule has 0 unspecified atom stereocenters. The second-order valence-corrected chi connectivity index (χ2v) is 9.09. The number of hydrogen-bond donors (Lipinski definition) is 2. The largest absolute Gasteiger partial charge is 0.481 e. The van der Waals surface area contributed by atoms with Gasteiger partial charge in [-0.2, -0.15) is 0 Å². The molecule has 1 atom stereocenters. The zero-order chi connectivity index (χ0) is 21.6. The first-order valence-corrected chi connectivity index (χ1v) is 11.6. The third-order valence-corrected chi connectivity index (χ3v) is 6.17. The van der Waals surface area contributed by atoms with Crippen LogP contribution in [0.1, 0.15) is 32.6 Å². The maximum absolute atomic E-state index is 12.6. The van der Waals surface area contributed by atoms with Gasteiger partial charge in [-0.1, -0.05) is 24.1 Å². The van der Waals surface area contributed by atoms with E-state index in [9.17, 15) is 13.2 Å². The highest BCUT2D eigenvalue weighted by Gasteiger charge is 2.18. The Morgan fingerprint density at radius 3 is 2.63 bits per heavy atom. The van der Waals surface area contributed by atoms with Crippen LogP contribution in [-0.2, 0) is 14.8 Å². The molecule has 0 aliphatic carbocycles. The minimum absolute atomic E-state index is 0.107. The monoisotopic (exact) mass is 449 g/mol. The van der Waals surface area contributed by atoms with Crippen LogP contribution >= 0.6 is 11.6 Å². The number of amides is 1. The fourth-order valence-electron chi connectivity index (χ4n) is 2.93. The molecule has 0 bridgehead atoms. The van der Waals surface area contributed by atoms with Crippen molar-refractivity contribution in [1.29, 1.82) is 0 Å². The SMILES string of the molecule is C[C@H](Oc1cccc(Cl)c1)C(=O)Nc1ccc(S(=O)(=O)NC2=NCCCCC2)cc1. The van der Waals surface area contributed by atoms with Crippen molar-refractivity contribution in [3.63, 3.8) is 0 Å². The third kappa shape index (κ3) is 6.21. The van der Waals surface area contributed by atoms with Crippen molar-refractivity contribution in [1.82, 2.24) is 4.72 Å². The first-order valence-electron chi connectivity index (χ1n) is 9.73. The molecule has 0 saturated heterocycles. The Balaban J connectivity index is 1.60. The first-order chi connectivity index (χ1) is 14.3. The summed E-state index contributed by atoms with van der Waals surface area (Å²) in [5.74, 6) is 0.618. The van der Waals surface area contributed by atoms with E-state index >= 15 is 0 Å². The third-order valence-electron chi connectivity index (χ3n) is 4.54. The Morgan fingerprint density at radius 2 is 1.90 bits per heavy atom. The molecule has 0 saturated carbocycles. The van der Waals surface area contributed by atoms with Gasteiger partial charge in [-0.05, 0) is 62.2 Å². The lowest BCUT2D eigenvalue weighted by Crippen LogP contribution is -2.31. The smallest absolute Gasteiger partial charge is 0.265 e. The molecule has 9 heteroatoms. The summed E-state index contributed by atoms with van der Waals surface area (Å²) in [6, 6.07) is 12.7. The zero-order valence-electron chi connectivity index (χ0n) is 16.6. The molecule has 2 aromatic carbocycles. The van der Waals surface area contributed by atoms with E-state index < -0.39 is 16.1 Å². The van der Waals surface area contributed by atoms with Crippen LogP contribution in [0.2, 0.25) is 5.02 Å². The van der Waals surface area contributed by atoms with E-state index in [0.717, 1.165) is 19.3 Å². The predicted molar refractivity (Wildman–Crippen MR) is 118 cm³/mol. The van der Waals surface area contributed by atoms with Crippen LogP contribution in [-0.4, -0.2) is 32.8 Å². The van der Waals surface area contributed by atoms with Crippen molar-refractivity contribution in [2.24, 2.45) is 4.99 Å². The fourth-order valence-corrected chi connectivity index (χ4v) is 4.20. The highest BCUT2D eigenvalue weighted by molar-refractivity contribution is 7.90. The van der Waals surface area contributed by atoms with Crippen LogP contribution in [0, 0.1) is 0 Å². The molecule has 0 spiro atoms. The molecule has 30 heavy (non-hydrogen) atoms. The molecule has 1 aliphatic rings. The number of halogens is 1. The number of benzene rings is 2. The van der Waals surface area contributed by atoms with Crippen molar-refractivity contribution in [3.05, 3.63) is 53.6 Å². The Labute approximate surface area is 181 Å². The number of anilines is 1. The van der Waals surface area contributed by atoms with E-state index in [1.54, 1.807) is 31.2 Å². The Bertz CT molecular complexity index is 1020. The predicted octanol–water partition coefficient (Wildman–Crippen LogP) is 4.00. The van der Waals surface area contributed by atoms with Gasteiger partial charge in [0.2, 0.25) is 0 Å².